The largest absolute Gasteiger partial charge is 0.422 e. The molecule has 5 nitrogen and oxygen atoms in total. The second-order valence-electron chi connectivity index (χ2n) is 5.86. The molecule has 26 heavy (non-hydrogen) atoms. The van der Waals surface area contributed by atoms with Gasteiger partial charge in [0.15, 0.2) is 5.78 Å². The summed E-state index contributed by atoms with van der Waals surface area (Å²) in [5.41, 5.74) is 1.54. The molecular weight excluding hydrogens is 328 g/mol. The lowest BCUT2D eigenvalue weighted by atomic mass is 10.0. The highest BCUT2D eigenvalue weighted by atomic mass is 16.4. The minimum atomic E-state index is -0.663. The Balaban J connectivity index is 2.03. The van der Waals surface area contributed by atoms with E-state index in [1.54, 1.807) is 18.2 Å². The van der Waals surface area contributed by atoms with E-state index in [2.05, 4.69) is 18.7 Å². The smallest absolute Gasteiger partial charge is 0.347 e. The summed E-state index contributed by atoms with van der Waals surface area (Å²) in [6.45, 7) is 5.81. The molecule has 0 amide bonds. The Morgan fingerprint density at radius 2 is 1.77 bits per heavy atom. The van der Waals surface area contributed by atoms with Crippen LogP contribution in [0.3, 0.4) is 0 Å². The Morgan fingerprint density at radius 3 is 2.38 bits per heavy atom. The topological polar surface area (TPSA) is 74.3 Å². The molecule has 5 heteroatoms. The minimum Gasteiger partial charge on any atom is -0.422 e. The monoisotopic (exact) mass is 346 g/mol. The predicted octanol–water partition coefficient (Wildman–Crippen LogP) is 3.74. The third kappa shape index (κ3) is 3.22. The van der Waals surface area contributed by atoms with E-state index in [9.17, 15) is 9.59 Å². The average molecular weight is 346 g/mol. The maximum Gasteiger partial charge on any atom is 0.347 e. The number of hydrogen-bond donors (Lipinski definition) is 0. The van der Waals surface area contributed by atoms with E-state index in [4.69, 9.17) is 9.68 Å². The Hall–Kier alpha value is -3.39. The zero-order valence-corrected chi connectivity index (χ0v) is 14.7. The second-order valence-corrected chi connectivity index (χ2v) is 5.86. The van der Waals surface area contributed by atoms with Crippen LogP contribution in [-0.2, 0) is 0 Å². The van der Waals surface area contributed by atoms with Gasteiger partial charge in [0.05, 0.1) is 11.6 Å². The number of carbonyl (C=O) groups excluding carboxylic acids is 1. The van der Waals surface area contributed by atoms with Crippen molar-refractivity contribution in [1.29, 1.82) is 5.26 Å². The molecule has 0 spiro atoms. The van der Waals surface area contributed by atoms with E-state index >= 15 is 0 Å². The normalized spacial score (nSPS) is 10.5. The van der Waals surface area contributed by atoms with Gasteiger partial charge in [0.2, 0.25) is 0 Å². The molecule has 0 fully saturated rings. The van der Waals surface area contributed by atoms with Crippen molar-refractivity contribution < 1.29 is 9.21 Å². The number of fused-ring (bicyclic) bond motifs is 1. The van der Waals surface area contributed by atoms with Crippen molar-refractivity contribution in [3.63, 3.8) is 0 Å². The number of rotatable bonds is 5. The van der Waals surface area contributed by atoms with Gasteiger partial charge in [-0.25, -0.2) is 4.79 Å². The molecule has 0 aliphatic rings. The van der Waals surface area contributed by atoms with E-state index in [-0.39, 0.29) is 5.56 Å². The molecule has 2 aromatic carbocycles. The summed E-state index contributed by atoms with van der Waals surface area (Å²) in [6.07, 6.45) is 0. The van der Waals surface area contributed by atoms with Crippen molar-refractivity contribution in [2.45, 2.75) is 13.8 Å². The molecular formula is C21H18N2O3. The molecule has 0 radical (unpaired) electrons. The highest BCUT2D eigenvalue weighted by Gasteiger charge is 2.16. The van der Waals surface area contributed by atoms with Crippen LogP contribution in [0.25, 0.3) is 11.0 Å². The van der Waals surface area contributed by atoms with Crippen LogP contribution < -0.4 is 10.5 Å². The van der Waals surface area contributed by atoms with Crippen LogP contribution in [0.15, 0.2) is 57.7 Å². The molecule has 0 atom stereocenters. The van der Waals surface area contributed by atoms with Crippen molar-refractivity contribution in [2.24, 2.45) is 0 Å². The third-order valence-electron chi connectivity index (χ3n) is 4.37. The van der Waals surface area contributed by atoms with Gasteiger partial charge in [0, 0.05) is 35.8 Å². The molecule has 3 rings (SSSR count). The fourth-order valence-corrected chi connectivity index (χ4v) is 2.90. The summed E-state index contributed by atoms with van der Waals surface area (Å²) < 4.78 is 5.40. The molecule has 130 valence electrons. The molecule has 0 N–H and O–H groups in total. The molecule has 0 unspecified atom stereocenters. The van der Waals surface area contributed by atoms with Gasteiger partial charge < -0.3 is 9.32 Å². The fourth-order valence-electron chi connectivity index (χ4n) is 2.90. The number of ketones is 1. The number of nitriles is 1. The molecule has 3 aromatic rings. The van der Waals surface area contributed by atoms with Crippen molar-refractivity contribution in [3.05, 3.63) is 75.6 Å². The lowest BCUT2D eigenvalue weighted by Crippen LogP contribution is -2.21. The Kier molecular flexibility index (Phi) is 4.85. The second kappa shape index (κ2) is 7.24. The van der Waals surface area contributed by atoms with Crippen molar-refractivity contribution >= 4 is 22.4 Å². The first-order valence-electron chi connectivity index (χ1n) is 8.45. The Morgan fingerprint density at radius 1 is 1.08 bits per heavy atom. The zero-order chi connectivity index (χ0) is 18.7. The molecule has 0 aliphatic heterocycles. The molecule has 1 heterocycles. The maximum absolute atomic E-state index is 12.6. The number of benzene rings is 2. The standard InChI is InChI=1S/C21H18N2O3/c1-3-23(4-2)17-10-9-16-11-18(21(25)26-19(16)12-17)20(24)15-7-5-14(13-22)6-8-15/h5-12H,3-4H2,1-2H3. The average Bonchev–Trinajstić information content (AvgIpc) is 2.68. The Labute approximate surface area is 151 Å². The van der Waals surface area contributed by atoms with Gasteiger partial charge in [-0.15, -0.1) is 0 Å². The number of hydrogen-bond acceptors (Lipinski definition) is 5. The molecule has 1 aromatic heterocycles. The molecule has 0 bridgehead atoms. The van der Waals surface area contributed by atoms with Gasteiger partial charge in [0.1, 0.15) is 11.1 Å². The number of anilines is 1. The van der Waals surface area contributed by atoms with Gasteiger partial charge in [-0.2, -0.15) is 5.26 Å². The summed E-state index contributed by atoms with van der Waals surface area (Å²) in [5, 5.41) is 9.53. The number of nitrogens with zero attached hydrogens (tertiary/aromatic N) is 2. The summed E-state index contributed by atoms with van der Waals surface area (Å²) in [5.74, 6) is -0.419. The van der Waals surface area contributed by atoms with Crippen LogP contribution in [0.4, 0.5) is 5.69 Å². The van der Waals surface area contributed by atoms with Crippen LogP contribution in [0.1, 0.15) is 35.3 Å². The van der Waals surface area contributed by atoms with Gasteiger partial charge in [0.25, 0.3) is 0 Å². The highest BCUT2D eigenvalue weighted by molar-refractivity contribution is 6.09. The predicted molar refractivity (Wildman–Crippen MR) is 101 cm³/mol. The molecule has 0 saturated heterocycles. The van der Waals surface area contributed by atoms with E-state index in [0.29, 0.717) is 22.1 Å². The Bertz CT molecular complexity index is 1060. The van der Waals surface area contributed by atoms with Crippen LogP contribution in [0.2, 0.25) is 0 Å². The van der Waals surface area contributed by atoms with E-state index < -0.39 is 11.4 Å². The van der Waals surface area contributed by atoms with E-state index in [1.807, 2.05) is 24.3 Å². The lowest BCUT2D eigenvalue weighted by Gasteiger charge is -2.20. The van der Waals surface area contributed by atoms with E-state index in [0.717, 1.165) is 18.8 Å². The first kappa shape index (κ1) is 17.4. The highest BCUT2D eigenvalue weighted by Crippen LogP contribution is 2.22. The minimum absolute atomic E-state index is 0.0159. The van der Waals surface area contributed by atoms with Crippen molar-refractivity contribution in [2.75, 3.05) is 18.0 Å². The SMILES string of the molecule is CCN(CC)c1ccc2cc(C(=O)c3ccc(C#N)cc3)c(=O)oc2c1. The van der Waals surface area contributed by atoms with Gasteiger partial charge in [-0.1, -0.05) is 0 Å². The zero-order valence-electron chi connectivity index (χ0n) is 14.7. The van der Waals surface area contributed by atoms with Crippen LogP contribution in [-0.4, -0.2) is 18.9 Å². The maximum atomic E-state index is 12.6. The summed E-state index contributed by atoms with van der Waals surface area (Å²) in [7, 11) is 0. The van der Waals surface area contributed by atoms with Crippen molar-refractivity contribution in [1.82, 2.24) is 0 Å². The quantitative estimate of drug-likeness (QED) is 0.520. The van der Waals surface area contributed by atoms with Crippen LogP contribution in [0, 0.1) is 11.3 Å². The lowest BCUT2D eigenvalue weighted by molar-refractivity contribution is 0.103. The van der Waals surface area contributed by atoms with E-state index in [1.165, 1.54) is 12.1 Å². The number of carbonyl (C=O) groups is 1. The van der Waals surface area contributed by atoms with Gasteiger partial charge in [-0.3, -0.25) is 4.79 Å². The first-order chi connectivity index (χ1) is 12.6. The first-order valence-corrected chi connectivity index (χ1v) is 8.45. The molecule has 0 saturated carbocycles. The van der Waals surface area contributed by atoms with Gasteiger partial charge >= 0.3 is 5.63 Å². The summed E-state index contributed by atoms with van der Waals surface area (Å²) in [6, 6.07) is 15.3. The van der Waals surface area contributed by atoms with Crippen LogP contribution >= 0.6 is 0 Å². The van der Waals surface area contributed by atoms with Crippen LogP contribution in [0.5, 0.6) is 0 Å². The summed E-state index contributed by atoms with van der Waals surface area (Å²) in [4.78, 5) is 27.1. The summed E-state index contributed by atoms with van der Waals surface area (Å²) >= 11 is 0. The van der Waals surface area contributed by atoms with Crippen molar-refractivity contribution in [3.8, 4) is 6.07 Å². The third-order valence-corrected chi connectivity index (χ3v) is 4.37. The fraction of sp³-hybridized carbons (Fsp3) is 0.190. The van der Waals surface area contributed by atoms with Gasteiger partial charge in [-0.05, 0) is 56.3 Å². The molecule has 0 aliphatic carbocycles.